The van der Waals surface area contributed by atoms with E-state index in [4.69, 9.17) is 4.52 Å². The van der Waals surface area contributed by atoms with E-state index in [1.807, 2.05) is 0 Å². The van der Waals surface area contributed by atoms with E-state index in [9.17, 15) is 14.6 Å². The first-order valence-corrected chi connectivity index (χ1v) is 6.21. The Morgan fingerprint density at radius 1 is 1.05 bits per heavy atom. The Bertz CT molecular complexity index is 769. The molecule has 106 valence electrons. The van der Waals surface area contributed by atoms with Gasteiger partial charge in [0, 0.05) is 6.42 Å². The van der Waals surface area contributed by atoms with E-state index >= 15 is 0 Å². The predicted molar refractivity (Wildman–Crippen MR) is 72.3 cm³/mol. The van der Waals surface area contributed by atoms with Gasteiger partial charge in [0.1, 0.15) is 17.3 Å². The lowest BCUT2D eigenvalue weighted by molar-refractivity contribution is 0.418. The van der Waals surface area contributed by atoms with Crippen LogP contribution in [0.2, 0.25) is 0 Å². The van der Waals surface area contributed by atoms with Gasteiger partial charge in [0.2, 0.25) is 0 Å². The molecule has 5 nitrogen and oxygen atoms in total. The highest BCUT2D eigenvalue weighted by molar-refractivity contribution is 5.61. The number of rotatable bonds is 3. The Morgan fingerprint density at radius 2 is 1.81 bits per heavy atom. The Hall–Kier alpha value is -2.89. The van der Waals surface area contributed by atoms with E-state index in [2.05, 4.69) is 10.1 Å². The van der Waals surface area contributed by atoms with Crippen LogP contribution in [-0.4, -0.2) is 20.4 Å². The molecule has 2 N–H and O–H groups in total. The van der Waals surface area contributed by atoms with E-state index < -0.39 is 5.82 Å². The number of nitrogens with zero attached hydrogens (tertiary/aromatic N) is 2. The number of phenols is 2. The van der Waals surface area contributed by atoms with Gasteiger partial charge in [-0.3, -0.25) is 0 Å². The molecule has 0 aliphatic heterocycles. The van der Waals surface area contributed by atoms with Crippen LogP contribution in [-0.2, 0) is 6.42 Å². The zero-order valence-corrected chi connectivity index (χ0v) is 10.8. The van der Waals surface area contributed by atoms with Gasteiger partial charge in [-0.25, -0.2) is 4.39 Å². The zero-order valence-electron chi connectivity index (χ0n) is 10.8. The van der Waals surface area contributed by atoms with Crippen LogP contribution in [0.1, 0.15) is 11.4 Å². The lowest BCUT2D eigenvalue weighted by Crippen LogP contribution is -1.90. The molecule has 0 bridgehead atoms. The average molecular weight is 286 g/mol. The summed E-state index contributed by atoms with van der Waals surface area (Å²) in [6, 6.07) is 10.1. The van der Waals surface area contributed by atoms with Crippen LogP contribution in [0.3, 0.4) is 0 Å². The molecule has 0 aliphatic carbocycles. The van der Waals surface area contributed by atoms with Crippen LogP contribution in [0.5, 0.6) is 11.5 Å². The molecule has 0 atom stereocenters. The molecule has 6 heteroatoms. The third-order valence-corrected chi connectivity index (χ3v) is 2.96. The molecular formula is C15H11FN2O3. The second-order valence-electron chi connectivity index (χ2n) is 4.52. The Labute approximate surface area is 119 Å². The maximum absolute atomic E-state index is 13.2. The molecule has 0 saturated heterocycles. The molecule has 3 aromatic rings. The first kappa shape index (κ1) is 13.1. The molecular weight excluding hydrogens is 275 g/mol. The highest BCUT2D eigenvalue weighted by Gasteiger charge is 2.14. The number of aromatic hydroxyl groups is 2. The topological polar surface area (TPSA) is 79.4 Å². The number of hydrogen-bond donors (Lipinski definition) is 2. The molecule has 1 aromatic heterocycles. The van der Waals surface area contributed by atoms with Crippen molar-refractivity contribution < 1.29 is 19.1 Å². The van der Waals surface area contributed by atoms with Crippen molar-refractivity contribution in [2.45, 2.75) is 6.42 Å². The number of hydrogen-bond acceptors (Lipinski definition) is 5. The summed E-state index contributed by atoms with van der Waals surface area (Å²) in [5.74, 6) is 0.00896. The van der Waals surface area contributed by atoms with Crippen LogP contribution in [0.25, 0.3) is 11.5 Å². The number of halogens is 1. The van der Waals surface area contributed by atoms with Crippen molar-refractivity contribution in [2.24, 2.45) is 0 Å². The highest BCUT2D eigenvalue weighted by Crippen LogP contribution is 2.28. The summed E-state index contributed by atoms with van der Waals surface area (Å²) in [5, 5.41) is 22.7. The van der Waals surface area contributed by atoms with Crippen molar-refractivity contribution in [1.82, 2.24) is 10.1 Å². The van der Waals surface area contributed by atoms with Gasteiger partial charge in [-0.05, 0) is 35.9 Å². The van der Waals surface area contributed by atoms with Gasteiger partial charge in [-0.15, -0.1) is 0 Å². The van der Waals surface area contributed by atoms with E-state index in [0.717, 1.165) is 17.7 Å². The normalized spacial score (nSPS) is 10.7. The van der Waals surface area contributed by atoms with Gasteiger partial charge in [-0.1, -0.05) is 17.3 Å². The van der Waals surface area contributed by atoms with Gasteiger partial charge < -0.3 is 14.7 Å². The van der Waals surface area contributed by atoms with Crippen molar-refractivity contribution in [2.75, 3.05) is 0 Å². The zero-order chi connectivity index (χ0) is 14.8. The monoisotopic (exact) mass is 286 g/mol. The fourth-order valence-corrected chi connectivity index (χ4v) is 1.91. The number of phenolic OH excluding ortho intramolecular Hbond substituents is 2. The van der Waals surface area contributed by atoms with Gasteiger partial charge in [0.15, 0.2) is 5.82 Å². The molecule has 0 saturated carbocycles. The smallest absolute Gasteiger partial charge is 0.261 e. The second-order valence-corrected chi connectivity index (χ2v) is 4.52. The molecule has 0 radical (unpaired) electrons. The summed E-state index contributed by atoms with van der Waals surface area (Å²) in [6.45, 7) is 0. The minimum absolute atomic E-state index is 0.0563. The van der Waals surface area contributed by atoms with Crippen molar-refractivity contribution in [3.63, 3.8) is 0 Å². The Balaban J connectivity index is 1.86. The summed E-state index contributed by atoms with van der Waals surface area (Å²) < 4.78 is 18.2. The number of benzene rings is 2. The highest BCUT2D eigenvalue weighted by atomic mass is 19.1. The quantitative estimate of drug-likeness (QED) is 0.774. The van der Waals surface area contributed by atoms with Gasteiger partial charge in [-0.2, -0.15) is 4.98 Å². The maximum atomic E-state index is 13.2. The summed E-state index contributed by atoms with van der Waals surface area (Å²) in [7, 11) is 0. The third-order valence-electron chi connectivity index (χ3n) is 2.96. The molecule has 1 heterocycles. The van der Waals surface area contributed by atoms with Crippen LogP contribution in [0.15, 0.2) is 47.0 Å². The first-order valence-electron chi connectivity index (χ1n) is 6.21. The summed E-state index contributed by atoms with van der Waals surface area (Å²) in [4.78, 5) is 4.13. The van der Waals surface area contributed by atoms with Crippen molar-refractivity contribution in [3.05, 3.63) is 59.7 Å². The van der Waals surface area contributed by atoms with Crippen LogP contribution < -0.4 is 0 Å². The van der Waals surface area contributed by atoms with Gasteiger partial charge in [0.05, 0.1) is 5.56 Å². The third kappa shape index (κ3) is 2.84. The SMILES string of the molecule is Oc1ccc(Cc2noc(-c3cc(F)ccc3O)n2)cc1. The van der Waals surface area contributed by atoms with Crippen molar-refractivity contribution in [1.29, 1.82) is 0 Å². The predicted octanol–water partition coefficient (Wildman–Crippen LogP) is 2.88. The molecule has 0 aliphatic rings. The van der Waals surface area contributed by atoms with Gasteiger partial charge in [0.25, 0.3) is 5.89 Å². The molecule has 0 amide bonds. The van der Waals surface area contributed by atoms with Crippen molar-refractivity contribution in [3.8, 4) is 23.0 Å². The van der Waals surface area contributed by atoms with Crippen LogP contribution in [0, 0.1) is 5.82 Å². The van der Waals surface area contributed by atoms with Crippen molar-refractivity contribution >= 4 is 0 Å². The standard InChI is InChI=1S/C15H11FN2O3/c16-10-3-6-13(20)12(8-10)15-17-14(18-21-15)7-9-1-4-11(19)5-2-9/h1-6,8,19-20H,7H2. The van der Waals surface area contributed by atoms with E-state index in [0.29, 0.717) is 12.2 Å². The fourth-order valence-electron chi connectivity index (χ4n) is 1.91. The molecule has 0 unspecified atom stereocenters. The second kappa shape index (κ2) is 5.24. The van der Waals surface area contributed by atoms with E-state index in [1.165, 1.54) is 6.07 Å². The molecule has 0 fully saturated rings. The van der Waals surface area contributed by atoms with E-state index in [-0.39, 0.29) is 23.0 Å². The molecule has 2 aromatic carbocycles. The maximum Gasteiger partial charge on any atom is 0.261 e. The van der Waals surface area contributed by atoms with Crippen LogP contribution in [0.4, 0.5) is 4.39 Å². The lowest BCUT2D eigenvalue weighted by atomic mass is 10.1. The van der Waals surface area contributed by atoms with E-state index in [1.54, 1.807) is 24.3 Å². The summed E-state index contributed by atoms with van der Waals surface area (Å²) >= 11 is 0. The van der Waals surface area contributed by atoms with Crippen LogP contribution >= 0.6 is 0 Å². The lowest BCUT2D eigenvalue weighted by Gasteiger charge is -1.98. The minimum Gasteiger partial charge on any atom is -0.508 e. The fraction of sp³-hybridized carbons (Fsp3) is 0.0667. The summed E-state index contributed by atoms with van der Waals surface area (Å²) in [6.07, 6.45) is 0.403. The van der Waals surface area contributed by atoms with Gasteiger partial charge >= 0.3 is 0 Å². The molecule has 3 rings (SSSR count). The Morgan fingerprint density at radius 3 is 2.57 bits per heavy atom. The minimum atomic E-state index is -0.499. The average Bonchev–Trinajstić information content (AvgIpc) is 2.92. The Kier molecular flexibility index (Phi) is 3.27. The summed E-state index contributed by atoms with van der Waals surface area (Å²) in [5.41, 5.74) is 1.04. The first-order chi connectivity index (χ1) is 10.1. The largest absolute Gasteiger partial charge is 0.508 e. The number of aromatic nitrogens is 2. The molecule has 0 spiro atoms. The molecule has 21 heavy (non-hydrogen) atoms.